The minimum absolute atomic E-state index is 0.0241. The molecule has 37 heavy (non-hydrogen) atoms. The summed E-state index contributed by atoms with van der Waals surface area (Å²) < 4.78 is 11.0. The summed E-state index contributed by atoms with van der Waals surface area (Å²) in [6.45, 7) is 5.83. The molecule has 4 rings (SSSR count). The van der Waals surface area contributed by atoms with Crippen molar-refractivity contribution >= 4 is 23.4 Å². The first-order chi connectivity index (χ1) is 17.8. The molecule has 0 saturated carbocycles. The molecule has 1 fully saturated rings. The Morgan fingerprint density at radius 1 is 1.00 bits per heavy atom. The van der Waals surface area contributed by atoms with E-state index in [2.05, 4.69) is 0 Å². The first-order valence-electron chi connectivity index (χ1n) is 12.1. The Morgan fingerprint density at radius 3 is 2.32 bits per heavy atom. The first-order valence-corrected chi connectivity index (χ1v) is 12.1. The van der Waals surface area contributed by atoms with Gasteiger partial charge in [-0.1, -0.05) is 49.4 Å². The fourth-order valence-corrected chi connectivity index (χ4v) is 4.43. The summed E-state index contributed by atoms with van der Waals surface area (Å²) >= 11 is 0. The quantitative estimate of drug-likeness (QED) is 0.148. The number of esters is 1. The van der Waals surface area contributed by atoms with E-state index in [0.717, 1.165) is 11.1 Å². The van der Waals surface area contributed by atoms with Crippen molar-refractivity contribution in [3.05, 3.63) is 101 Å². The molecule has 1 heterocycles. The third-order valence-electron chi connectivity index (χ3n) is 6.15. The lowest BCUT2D eigenvalue weighted by Crippen LogP contribution is -2.30. The van der Waals surface area contributed by atoms with E-state index in [-0.39, 0.29) is 11.3 Å². The highest BCUT2D eigenvalue weighted by molar-refractivity contribution is 6.46. The molecule has 7 heteroatoms. The molecule has 3 aromatic carbocycles. The average Bonchev–Trinajstić information content (AvgIpc) is 3.13. The third kappa shape index (κ3) is 5.56. The summed E-state index contributed by atoms with van der Waals surface area (Å²) in [6.07, 6.45) is 0.641. The Balaban J connectivity index is 1.68. The number of likely N-dealkylation sites (tertiary alicyclic amines) is 1. The number of nitrogens with zero attached hydrogens (tertiary/aromatic N) is 1. The van der Waals surface area contributed by atoms with E-state index in [1.54, 1.807) is 42.5 Å². The number of amides is 1. The van der Waals surface area contributed by atoms with Gasteiger partial charge in [-0.2, -0.15) is 0 Å². The van der Waals surface area contributed by atoms with Crippen molar-refractivity contribution < 1.29 is 29.0 Å². The number of ketones is 1. The van der Waals surface area contributed by atoms with Gasteiger partial charge in [0, 0.05) is 19.0 Å². The van der Waals surface area contributed by atoms with Crippen molar-refractivity contribution in [1.29, 1.82) is 0 Å². The lowest BCUT2D eigenvalue weighted by atomic mass is 9.94. The molecule has 1 amide bonds. The van der Waals surface area contributed by atoms with Gasteiger partial charge in [-0.3, -0.25) is 14.4 Å². The number of benzene rings is 3. The van der Waals surface area contributed by atoms with Crippen LogP contribution in [-0.2, 0) is 21.0 Å². The standard InChI is InChI=1S/C30H29NO6/c1-4-16-31-27(22-10-13-24(14-11-22)37-20(3)32)26(29(34)30(31)35)28(33)23-12-15-25(19(2)17-23)36-18-21-8-6-5-7-9-21/h5-15,17,27,33H,4,16,18H2,1-3H3/b28-26-. The summed E-state index contributed by atoms with van der Waals surface area (Å²) in [6, 6.07) is 20.8. The highest BCUT2D eigenvalue weighted by Crippen LogP contribution is 2.40. The van der Waals surface area contributed by atoms with Gasteiger partial charge in [0.1, 0.15) is 23.9 Å². The van der Waals surface area contributed by atoms with Crippen LogP contribution in [0.1, 0.15) is 48.6 Å². The van der Waals surface area contributed by atoms with E-state index in [9.17, 15) is 19.5 Å². The average molecular weight is 500 g/mol. The van der Waals surface area contributed by atoms with E-state index in [4.69, 9.17) is 9.47 Å². The highest BCUT2D eigenvalue weighted by atomic mass is 16.5. The Hall–Kier alpha value is -4.39. The number of aryl methyl sites for hydroxylation is 1. The number of ether oxygens (including phenoxy) is 2. The monoisotopic (exact) mass is 499 g/mol. The number of hydrogen-bond acceptors (Lipinski definition) is 6. The molecule has 1 unspecified atom stereocenters. The first kappa shape index (κ1) is 25.7. The number of aliphatic hydroxyl groups excluding tert-OH is 1. The number of carbonyl (C=O) groups is 3. The second-order valence-corrected chi connectivity index (χ2v) is 8.91. The van der Waals surface area contributed by atoms with E-state index in [1.807, 2.05) is 44.2 Å². The minimum Gasteiger partial charge on any atom is -0.507 e. The van der Waals surface area contributed by atoms with Crippen molar-refractivity contribution in [3.8, 4) is 11.5 Å². The van der Waals surface area contributed by atoms with Crippen molar-refractivity contribution in [1.82, 2.24) is 4.90 Å². The Morgan fingerprint density at radius 2 is 1.70 bits per heavy atom. The van der Waals surface area contributed by atoms with E-state index >= 15 is 0 Å². The number of Topliss-reactive ketones (excluding diaryl/α,β-unsaturated/α-hetero) is 1. The fourth-order valence-electron chi connectivity index (χ4n) is 4.43. The maximum atomic E-state index is 13.1. The summed E-state index contributed by atoms with van der Waals surface area (Å²) in [7, 11) is 0. The highest BCUT2D eigenvalue weighted by Gasteiger charge is 2.45. The molecule has 7 nitrogen and oxygen atoms in total. The molecular weight excluding hydrogens is 470 g/mol. The molecule has 1 aliphatic heterocycles. The SMILES string of the molecule is CCCN1C(=O)C(=O)/C(=C(\O)c2ccc(OCc3ccccc3)c(C)c2)C1c1ccc(OC(C)=O)cc1. The Labute approximate surface area is 215 Å². The van der Waals surface area contributed by atoms with E-state index in [0.29, 0.717) is 42.2 Å². The van der Waals surface area contributed by atoms with Crippen LogP contribution in [0.15, 0.2) is 78.4 Å². The van der Waals surface area contributed by atoms with Gasteiger partial charge in [0.15, 0.2) is 0 Å². The van der Waals surface area contributed by atoms with Crippen molar-refractivity contribution in [3.63, 3.8) is 0 Å². The van der Waals surface area contributed by atoms with Gasteiger partial charge < -0.3 is 19.5 Å². The van der Waals surface area contributed by atoms with Gasteiger partial charge in [-0.25, -0.2) is 0 Å². The summed E-state index contributed by atoms with van der Waals surface area (Å²) in [4.78, 5) is 38.8. The zero-order valence-electron chi connectivity index (χ0n) is 21.1. The summed E-state index contributed by atoms with van der Waals surface area (Å²) in [5.41, 5.74) is 2.89. The Bertz CT molecular complexity index is 1340. The zero-order valence-corrected chi connectivity index (χ0v) is 21.1. The van der Waals surface area contributed by atoms with E-state index in [1.165, 1.54) is 11.8 Å². The van der Waals surface area contributed by atoms with Gasteiger partial charge in [-0.15, -0.1) is 0 Å². The predicted molar refractivity (Wildman–Crippen MR) is 139 cm³/mol. The summed E-state index contributed by atoms with van der Waals surface area (Å²) in [5.74, 6) is -1.07. The smallest absolute Gasteiger partial charge is 0.308 e. The molecule has 0 bridgehead atoms. The number of rotatable bonds is 8. The predicted octanol–water partition coefficient (Wildman–Crippen LogP) is 5.33. The van der Waals surface area contributed by atoms with Gasteiger partial charge in [-0.05, 0) is 60.4 Å². The van der Waals surface area contributed by atoms with E-state index < -0.39 is 23.7 Å². The molecule has 1 N–H and O–H groups in total. The second-order valence-electron chi connectivity index (χ2n) is 8.91. The molecule has 1 aliphatic rings. The topological polar surface area (TPSA) is 93.1 Å². The van der Waals surface area contributed by atoms with Crippen LogP contribution in [0.3, 0.4) is 0 Å². The van der Waals surface area contributed by atoms with Gasteiger partial charge in [0.05, 0.1) is 11.6 Å². The summed E-state index contributed by atoms with van der Waals surface area (Å²) in [5, 5.41) is 11.3. The van der Waals surface area contributed by atoms with Gasteiger partial charge in [0.2, 0.25) is 0 Å². The molecule has 0 aromatic heterocycles. The third-order valence-corrected chi connectivity index (χ3v) is 6.15. The fraction of sp³-hybridized carbons (Fsp3) is 0.233. The Kier molecular flexibility index (Phi) is 7.72. The minimum atomic E-state index is -0.763. The lowest BCUT2D eigenvalue weighted by molar-refractivity contribution is -0.139. The van der Waals surface area contributed by atoms with Crippen LogP contribution in [0.5, 0.6) is 11.5 Å². The van der Waals surface area contributed by atoms with Crippen LogP contribution < -0.4 is 9.47 Å². The van der Waals surface area contributed by atoms with Crippen LogP contribution in [0.2, 0.25) is 0 Å². The second kappa shape index (κ2) is 11.1. The van der Waals surface area contributed by atoms with Crippen LogP contribution in [0.4, 0.5) is 0 Å². The molecule has 1 atom stereocenters. The van der Waals surface area contributed by atoms with Crippen molar-refractivity contribution in [2.45, 2.75) is 39.8 Å². The normalized spacial score (nSPS) is 16.6. The number of hydrogen-bond donors (Lipinski definition) is 1. The van der Waals surface area contributed by atoms with Gasteiger partial charge >= 0.3 is 5.97 Å². The van der Waals surface area contributed by atoms with Crippen molar-refractivity contribution in [2.24, 2.45) is 0 Å². The maximum Gasteiger partial charge on any atom is 0.308 e. The maximum absolute atomic E-state index is 13.1. The molecule has 1 saturated heterocycles. The van der Waals surface area contributed by atoms with Crippen LogP contribution in [0.25, 0.3) is 5.76 Å². The number of carbonyl (C=O) groups excluding carboxylic acids is 3. The molecule has 0 radical (unpaired) electrons. The zero-order chi connectivity index (χ0) is 26.5. The molecular formula is C30H29NO6. The lowest BCUT2D eigenvalue weighted by Gasteiger charge is -2.25. The molecule has 0 aliphatic carbocycles. The van der Waals surface area contributed by atoms with Crippen LogP contribution >= 0.6 is 0 Å². The molecule has 3 aromatic rings. The van der Waals surface area contributed by atoms with Crippen molar-refractivity contribution in [2.75, 3.05) is 6.54 Å². The van der Waals surface area contributed by atoms with Crippen LogP contribution in [-0.4, -0.2) is 34.2 Å². The largest absolute Gasteiger partial charge is 0.507 e. The van der Waals surface area contributed by atoms with Crippen LogP contribution in [0, 0.1) is 6.92 Å². The molecule has 190 valence electrons. The van der Waals surface area contributed by atoms with Gasteiger partial charge in [0.25, 0.3) is 11.7 Å². The molecule has 0 spiro atoms. The number of aliphatic hydroxyl groups is 1.